The molecule has 2 heterocycles. The summed E-state index contributed by atoms with van der Waals surface area (Å²) in [6.45, 7) is 1.42. The van der Waals surface area contributed by atoms with Crippen LogP contribution in [0, 0.1) is 5.92 Å². The fourth-order valence-electron chi connectivity index (χ4n) is 3.88. The van der Waals surface area contributed by atoms with Crippen molar-refractivity contribution >= 4 is 0 Å². The van der Waals surface area contributed by atoms with Crippen molar-refractivity contribution in [3.8, 4) is 0 Å². The van der Waals surface area contributed by atoms with Gasteiger partial charge in [0.25, 0.3) is 0 Å². The van der Waals surface area contributed by atoms with Crippen molar-refractivity contribution in [3.63, 3.8) is 0 Å². The summed E-state index contributed by atoms with van der Waals surface area (Å²) in [5.41, 5.74) is 0. The topological polar surface area (TPSA) is 3.24 Å². The van der Waals surface area contributed by atoms with E-state index in [-0.39, 0.29) is 0 Å². The fraction of sp³-hybridized carbons (Fsp3) is 1.00. The Kier molecular flexibility index (Phi) is 2.08. The summed E-state index contributed by atoms with van der Waals surface area (Å²) in [4.78, 5) is 2.87. The second-order valence-electron chi connectivity index (χ2n) is 5.31. The molecule has 1 aliphatic carbocycles. The predicted molar refractivity (Wildman–Crippen MR) is 54.7 cm³/mol. The zero-order valence-corrected chi connectivity index (χ0v) is 8.54. The molecule has 2 aliphatic heterocycles. The van der Waals surface area contributed by atoms with Gasteiger partial charge in [0.05, 0.1) is 0 Å². The molecule has 3 unspecified atom stereocenters. The van der Waals surface area contributed by atoms with Crippen LogP contribution < -0.4 is 0 Å². The van der Waals surface area contributed by atoms with Gasteiger partial charge in [-0.15, -0.1) is 0 Å². The van der Waals surface area contributed by atoms with Gasteiger partial charge in [0.1, 0.15) is 0 Å². The van der Waals surface area contributed by atoms with Crippen LogP contribution in [0.15, 0.2) is 0 Å². The van der Waals surface area contributed by atoms with Crippen LogP contribution in [-0.2, 0) is 0 Å². The van der Waals surface area contributed by atoms with E-state index in [1.54, 1.807) is 0 Å². The molecule has 0 aromatic carbocycles. The van der Waals surface area contributed by atoms with E-state index in [0.29, 0.717) is 0 Å². The molecule has 13 heavy (non-hydrogen) atoms. The molecule has 0 N–H and O–H groups in total. The minimum absolute atomic E-state index is 0.994. The molecule has 0 aromatic rings. The van der Waals surface area contributed by atoms with Crippen LogP contribution in [0.25, 0.3) is 0 Å². The van der Waals surface area contributed by atoms with Gasteiger partial charge in [-0.2, -0.15) is 0 Å². The maximum Gasteiger partial charge on any atom is 0.0101 e. The molecule has 3 rings (SSSR count). The number of piperidine rings is 1. The average Bonchev–Trinajstić information content (AvgIpc) is 2.38. The fourth-order valence-corrected chi connectivity index (χ4v) is 3.88. The van der Waals surface area contributed by atoms with Gasteiger partial charge in [-0.3, -0.25) is 4.90 Å². The zero-order valence-electron chi connectivity index (χ0n) is 8.54. The summed E-state index contributed by atoms with van der Waals surface area (Å²) in [5.74, 6) is 1.12. The quantitative estimate of drug-likeness (QED) is 0.552. The summed E-state index contributed by atoms with van der Waals surface area (Å²) in [7, 11) is 0. The van der Waals surface area contributed by atoms with Crippen molar-refractivity contribution in [2.24, 2.45) is 5.92 Å². The van der Waals surface area contributed by atoms with Crippen LogP contribution in [0.1, 0.15) is 51.4 Å². The Labute approximate surface area is 81.5 Å². The summed E-state index contributed by atoms with van der Waals surface area (Å²) < 4.78 is 0. The number of nitrogens with zero attached hydrogens (tertiary/aromatic N) is 1. The second-order valence-corrected chi connectivity index (χ2v) is 5.31. The molecule has 3 atom stereocenters. The van der Waals surface area contributed by atoms with E-state index in [1.165, 1.54) is 57.9 Å². The third kappa shape index (κ3) is 1.41. The summed E-state index contributed by atoms with van der Waals surface area (Å²) in [6, 6.07) is 2.00. The van der Waals surface area contributed by atoms with E-state index in [9.17, 15) is 0 Å². The first kappa shape index (κ1) is 8.28. The van der Waals surface area contributed by atoms with E-state index in [4.69, 9.17) is 0 Å². The largest absolute Gasteiger partial charge is 0.297 e. The lowest BCUT2D eigenvalue weighted by molar-refractivity contribution is 0.0908. The minimum atomic E-state index is 0.994. The van der Waals surface area contributed by atoms with Gasteiger partial charge in [0, 0.05) is 12.1 Å². The lowest BCUT2D eigenvalue weighted by Crippen LogP contribution is -2.45. The van der Waals surface area contributed by atoms with Crippen molar-refractivity contribution in [2.45, 2.75) is 63.5 Å². The molecular weight excluding hydrogens is 158 g/mol. The Balaban J connectivity index is 1.78. The van der Waals surface area contributed by atoms with Gasteiger partial charge < -0.3 is 0 Å². The SMILES string of the molecule is C1CCC2CC3CCC(C3)N2CC1. The maximum absolute atomic E-state index is 2.87. The molecule has 0 spiro atoms. The summed E-state index contributed by atoms with van der Waals surface area (Å²) in [5, 5.41) is 0. The number of fused-ring (bicyclic) bond motifs is 4. The predicted octanol–water partition coefficient (Wildman–Crippen LogP) is 2.80. The van der Waals surface area contributed by atoms with Gasteiger partial charge in [-0.25, -0.2) is 0 Å². The first-order valence-corrected chi connectivity index (χ1v) is 6.19. The highest BCUT2D eigenvalue weighted by molar-refractivity contribution is 4.94. The van der Waals surface area contributed by atoms with E-state index in [1.807, 2.05) is 0 Å². The van der Waals surface area contributed by atoms with Gasteiger partial charge in [0.2, 0.25) is 0 Å². The van der Waals surface area contributed by atoms with Crippen LogP contribution in [0.4, 0.5) is 0 Å². The molecule has 1 heteroatoms. The van der Waals surface area contributed by atoms with Crippen LogP contribution in [-0.4, -0.2) is 23.5 Å². The van der Waals surface area contributed by atoms with E-state index in [2.05, 4.69) is 4.90 Å². The second kappa shape index (κ2) is 3.27. The summed E-state index contributed by atoms with van der Waals surface area (Å²) in [6.07, 6.45) is 12.1. The lowest BCUT2D eigenvalue weighted by Gasteiger charge is -2.39. The van der Waals surface area contributed by atoms with E-state index in [0.717, 1.165) is 18.0 Å². The molecule has 0 radical (unpaired) electrons. The Morgan fingerprint density at radius 3 is 2.54 bits per heavy atom. The van der Waals surface area contributed by atoms with Gasteiger partial charge in [-0.1, -0.05) is 12.8 Å². The van der Waals surface area contributed by atoms with Crippen molar-refractivity contribution in [1.29, 1.82) is 0 Å². The Hall–Kier alpha value is -0.0400. The highest BCUT2D eigenvalue weighted by Crippen LogP contribution is 2.41. The van der Waals surface area contributed by atoms with Gasteiger partial charge >= 0.3 is 0 Å². The molecule has 0 aromatic heterocycles. The third-order valence-corrected chi connectivity index (χ3v) is 4.51. The standard InChI is InChI=1S/C12H21N/c1-2-4-11-8-10-5-6-12(9-10)13(11)7-3-1/h10-12H,1-9H2. The highest BCUT2D eigenvalue weighted by Gasteiger charge is 2.39. The number of hydrogen-bond donors (Lipinski definition) is 0. The smallest absolute Gasteiger partial charge is 0.0101 e. The average molecular weight is 179 g/mol. The van der Waals surface area contributed by atoms with Crippen LogP contribution in [0.5, 0.6) is 0 Å². The van der Waals surface area contributed by atoms with Crippen molar-refractivity contribution in [3.05, 3.63) is 0 Å². The molecule has 0 amide bonds. The Morgan fingerprint density at radius 1 is 0.769 bits per heavy atom. The Bertz CT molecular complexity index is 190. The first-order valence-electron chi connectivity index (χ1n) is 6.19. The lowest BCUT2D eigenvalue weighted by atomic mass is 9.90. The van der Waals surface area contributed by atoms with E-state index < -0.39 is 0 Å². The molecule has 2 bridgehead atoms. The molecule has 74 valence electrons. The Morgan fingerprint density at radius 2 is 1.62 bits per heavy atom. The van der Waals surface area contributed by atoms with Crippen LogP contribution in [0.2, 0.25) is 0 Å². The first-order chi connectivity index (χ1) is 6.43. The molecule has 1 nitrogen and oxygen atoms in total. The van der Waals surface area contributed by atoms with Gasteiger partial charge in [0.15, 0.2) is 0 Å². The molecule has 1 saturated carbocycles. The van der Waals surface area contributed by atoms with Crippen LogP contribution in [0.3, 0.4) is 0 Å². The van der Waals surface area contributed by atoms with E-state index >= 15 is 0 Å². The number of hydrogen-bond acceptors (Lipinski definition) is 1. The normalized spacial score (nSPS) is 45.7. The van der Waals surface area contributed by atoms with Crippen LogP contribution >= 0.6 is 0 Å². The monoisotopic (exact) mass is 179 g/mol. The number of rotatable bonds is 0. The van der Waals surface area contributed by atoms with Crippen molar-refractivity contribution in [1.82, 2.24) is 4.90 Å². The minimum Gasteiger partial charge on any atom is -0.297 e. The molecular formula is C12H21N. The molecule has 3 aliphatic rings. The van der Waals surface area contributed by atoms with Crippen molar-refractivity contribution < 1.29 is 0 Å². The highest BCUT2D eigenvalue weighted by atomic mass is 15.2. The maximum atomic E-state index is 2.87. The van der Waals surface area contributed by atoms with Gasteiger partial charge in [-0.05, 0) is 51.0 Å². The van der Waals surface area contributed by atoms with Crippen molar-refractivity contribution in [2.75, 3.05) is 6.54 Å². The zero-order chi connectivity index (χ0) is 8.67. The molecule has 3 fully saturated rings. The summed E-state index contributed by atoms with van der Waals surface area (Å²) >= 11 is 0. The third-order valence-electron chi connectivity index (χ3n) is 4.51. The molecule has 2 saturated heterocycles.